The van der Waals surface area contributed by atoms with E-state index in [1.807, 2.05) is 6.07 Å². The zero-order valence-electron chi connectivity index (χ0n) is 7.91. The molecule has 76 valence electrons. The van der Waals surface area contributed by atoms with Gasteiger partial charge in [-0.05, 0) is 24.1 Å². The number of carbonyl (C=O) groups is 1. The van der Waals surface area contributed by atoms with E-state index in [4.69, 9.17) is 9.52 Å². The molecule has 0 amide bonds. The molecule has 2 N–H and O–H groups in total. The number of carboxylic acid groups (broad SMARTS) is 1. The Kier molecular flexibility index (Phi) is 1.54. The summed E-state index contributed by atoms with van der Waals surface area (Å²) >= 11 is 0. The summed E-state index contributed by atoms with van der Waals surface area (Å²) in [6, 6.07) is 3.57. The molecule has 0 saturated carbocycles. The molecule has 0 radical (unpaired) electrons. The van der Waals surface area contributed by atoms with Crippen LogP contribution in [0.25, 0.3) is 11.3 Å². The first-order valence-electron chi connectivity index (χ1n) is 4.77. The summed E-state index contributed by atoms with van der Waals surface area (Å²) in [5, 5.41) is 8.88. The highest BCUT2D eigenvalue weighted by atomic mass is 16.4. The van der Waals surface area contributed by atoms with Crippen molar-refractivity contribution in [2.24, 2.45) is 0 Å². The first kappa shape index (κ1) is 8.35. The molecular weight excluding hydrogens is 194 g/mol. The number of hydrogen-bond acceptors (Lipinski definition) is 2. The van der Waals surface area contributed by atoms with Gasteiger partial charge in [0.15, 0.2) is 0 Å². The molecule has 2 aromatic rings. The van der Waals surface area contributed by atoms with Crippen LogP contribution >= 0.6 is 0 Å². The van der Waals surface area contributed by atoms with Gasteiger partial charge in [0.1, 0.15) is 11.5 Å². The Labute approximate surface area is 85.5 Å². The fourth-order valence-corrected chi connectivity index (χ4v) is 2.06. The molecule has 0 unspecified atom stereocenters. The van der Waals surface area contributed by atoms with Gasteiger partial charge in [-0.3, -0.25) is 0 Å². The third-order valence-corrected chi connectivity index (χ3v) is 2.77. The smallest absolute Gasteiger partial charge is 0.352 e. The molecule has 0 saturated heterocycles. The highest BCUT2D eigenvalue weighted by molar-refractivity contribution is 5.88. The van der Waals surface area contributed by atoms with Gasteiger partial charge in [0, 0.05) is 12.0 Å². The van der Waals surface area contributed by atoms with E-state index in [0.29, 0.717) is 0 Å². The number of H-pyrrole nitrogens is 1. The van der Waals surface area contributed by atoms with Gasteiger partial charge in [0.2, 0.25) is 0 Å². The van der Waals surface area contributed by atoms with Gasteiger partial charge in [0.05, 0.1) is 12.0 Å². The summed E-state index contributed by atoms with van der Waals surface area (Å²) in [7, 11) is 0. The summed E-state index contributed by atoms with van der Waals surface area (Å²) in [6.07, 6.45) is 3.31. The van der Waals surface area contributed by atoms with Gasteiger partial charge < -0.3 is 14.5 Å². The summed E-state index contributed by atoms with van der Waals surface area (Å²) in [4.78, 5) is 13.7. The molecule has 3 rings (SSSR count). The summed E-state index contributed by atoms with van der Waals surface area (Å²) in [5.41, 5.74) is 3.18. The lowest BCUT2D eigenvalue weighted by Crippen LogP contribution is -1.99. The number of nitrogens with one attached hydrogen (secondary N) is 1. The van der Waals surface area contributed by atoms with E-state index in [2.05, 4.69) is 4.98 Å². The summed E-state index contributed by atoms with van der Waals surface area (Å²) in [6.45, 7) is 0. The molecule has 0 spiro atoms. The van der Waals surface area contributed by atoms with Crippen molar-refractivity contribution in [3.63, 3.8) is 0 Å². The van der Waals surface area contributed by atoms with Crippen LogP contribution in [-0.4, -0.2) is 16.1 Å². The minimum absolute atomic E-state index is 0.244. The number of aromatic nitrogens is 1. The minimum Gasteiger partial charge on any atom is -0.477 e. The van der Waals surface area contributed by atoms with E-state index in [-0.39, 0.29) is 5.69 Å². The predicted molar refractivity (Wildman–Crippen MR) is 52.9 cm³/mol. The van der Waals surface area contributed by atoms with E-state index in [1.165, 1.54) is 0 Å². The number of aromatic carboxylic acids is 1. The van der Waals surface area contributed by atoms with Crippen molar-refractivity contribution in [2.45, 2.75) is 12.8 Å². The summed E-state index contributed by atoms with van der Waals surface area (Å²) in [5.74, 6) is 0.00994. The fourth-order valence-electron chi connectivity index (χ4n) is 2.06. The van der Waals surface area contributed by atoms with Crippen molar-refractivity contribution in [3.05, 3.63) is 35.4 Å². The topological polar surface area (TPSA) is 66.2 Å². The van der Waals surface area contributed by atoms with E-state index in [0.717, 1.165) is 35.4 Å². The number of aromatic amines is 1. The Bertz CT molecular complexity index is 536. The third kappa shape index (κ3) is 1.11. The number of furan rings is 1. The quantitative estimate of drug-likeness (QED) is 0.745. The van der Waals surface area contributed by atoms with E-state index >= 15 is 0 Å². The largest absolute Gasteiger partial charge is 0.477 e. The standard InChI is InChI=1S/C11H9NO3/c13-11(14)8-5-6-1-2-9-7(3-4-15-9)10(6)12-8/h3-5,12H,1-2H2,(H,13,14). The molecule has 2 heterocycles. The molecule has 0 fully saturated rings. The second kappa shape index (κ2) is 2.76. The van der Waals surface area contributed by atoms with Crippen molar-refractivity contribution in [3.8, 4) is 11.3 Å². The molecule has 1 aliphatic carbocycles. The second-order valence-electron chi connectivity index (χ2n) is 3.65. The van der Waals surface area contributed by atoms with Crippen molar-refractivity contribution in [1.82, 2.24) is 4.98 Å². The highest BCUT2D eigenvalue weighted by Crippen LogP contribution is 2.33. The van der Waals surface area contributed by atoms with Crippen LogP contribution in [0, 0.1) is 0 Å². The van der Waals surface area contributed by atoms with Crippen molar-refractivity contribution < 1.29 is 14.3 Å². The van der Waals surface area contributed by atoms with Crippen LogP contribution in [0.2, 0.25) is 0 Å². The van der Waals surface area contributed by atoms with Crippen molar-refractivity contribution in [1.29, 1.82) is 0 Å². The number of fused-ring (bicyclic) bond motifs is 3. The first-order chi connectivity index (χ1) is 7.25. The number of aryl methyl sites for hydroxylation is 2. The van der Waals surface area contributed by atoms with Gasteiger partial charge in [-0.1, -0.05) is 0 Å². The maximum atomic E-state index is 10.8. The molecule has 4 heteroatoms. The Morgan fingerprint density at radius 3 is 3.13 bits per heavy atom. The van der Waals surface area contributed by atoms with Crippen LogP contribution in [0.1, 0.15) is 21.8 Å². The third-order valence-electron chi connectivity index (χ3n) is 2.77. The maximum absolute atomic E-state index is 10.8. The molecule has 2 aromatic heterocycles. The zero-order chi connectivity index (χ0) is 10.4. The van der Waals surface area contributed by atoms with Gasteiger partial charge in [-0.25, -0.2) is 4.79 Å². The van der Waals surface area contributed by atoms with Crippen molar-refractivity contribution in [2.75, 3.05) is 0 Å². The minimum atomic E-state index is -0.922. The van der Waals surface area contributed by atoms with Crippen molar-refractivity contribution >= 4 is 5.97 Å². The average Bonchev–Trinajstić information content (AvgIpc) is 2.82. The van der Waals surface area contributed by atoms with Crippen LogP contribution in [0.3, 0.4) is 0 Å². The molecule has 1 aliphatic rings. The van der Waals surface area contributed by atoms with Gasteiger partial charge in [0.25, 0.3) is 0 Å². The van der Waals surface area contributed by atoms with Gasteiger partial charge in [-0.15, -0.1) is 0 Å². The average molecular weight is 203 g/mol. The maximum Gasteiger partial charge on any atom is 0.352 e. The normalized spacial score (nSPS) is 13.3. The van der Waals surface area contributed by atoms with E-state index < -0.39 is 5.97 Å². The molecule has 0 bridgehead atoms. The lowest BCUT2D eigenvalue weighted by atomic mass is 9.97. The first-order valence-corrected chi connectivity index (χ1v) is 4.77. The van der Waals surface area contributed by atoms with Crippen LogP contribution in [0.4, 0.5) is 0 Å². The summed E-state index contributed by atoms with van der Waals surface area (Å²) < 4.78 is 5.32. The second-order valence-corrected chi connectivity index (χ2v) is 3.65. The van der Waals surface area contributed by atoms with Crippen LogP contribution < -0.4 is 0 Å². The Hall–Kier alpha value is -1.97. The van der Waals surface area contributed by atoms with Gasteiger partial charge in [-0.2, -0.15) is 0 Å². The van der Waals surface area contributed by atoms with Crippen LogP contribution in [0.15, 0.2) is 22.8 Å². The monoisotopic (exact) mass is 203 g/mol. The Morgan fingerprint density at radius 2 is 2.33 bits per heavy atom. The molecule has 0 aliphatic heterocycles. The lowest BCUT2D eigenvalue weighted by Gasteiger charge is -2.09. The molecular formula is C11H9NO3. The van der Waals surface area contributed by atoms with Crippen LogP contribution in [-0.2, 0) is 12.8 Å². The molecule has 15 heavy (non-hydrogen) atoms. The van der Waals surface area contributed by atoms with Crippen LogP contribution in [0.5, 0.6) is 0 Å². The molecule has 0 atom stereocenters. The molecule has 4 nitrogen and oxygen atoms in total. The number of hydrogen-bond donors (Lipinski definition) is 2. The van der Waals surface area contributed by atoms with E-state index in [1.54, 1.807) is 12.3 Å². The zero-order valence-corrected chi connectivity index (χ0v) is 7.91. The number of rotatable bonds is 1. The predicted octanol–water partition coefficient (Wildman–Crippen LogP) is 2.07. The molecule has 0 aromatic carbocycles. The fraction of sp³-hybridized carbons (Fsp3) is 0.182. The van der Waals surface area contributed by atoms with E-state index in [9.17, 15) is 4.79 Å². The number of carboxylic acids is 1. The Morgan fingerprint density at radius 1 is 1.47 bits per heavy atom. The SMILES string of the molecule is O=C(O)c1cc2c([nH]1)-c1ccoc1CC2. The Balaban J connectivity index is 2.20. The van der Waals surface area contributed by atoms with Gasteiger partial charge >= 0.3 is 5.97 Å². The lowest BCUT2D eigenvalue weighted by molar-refractivity contribution is 0.0691. The highest BCUT2D eigenvalue weighted by Gasteiger charge is 2.22.